The Hall–Kier alpha value is -3.40. The lowest BCUT2D eigenvalue weighted by atomic mass is 9.92. The lowest BCUT2D eigenvalue weighted by molar-refractivity contribution is -0.137. The van der Waals surface area contributed by atoms with E-state index >= 15 is 0 Å². The molecule has 1 aliphatic heterocycles. The number of piperidine rings is 1. The summed E-state index contributed by atoms with van der Waals surface area (Å²) in [6.45, 7) is 2.84. The zero-order chi connectivity index (χ0) is 26.4. The Labute approximate surface area is 214 Å². The molecule has 0 spiro atoms. The summed E-state index contributed by atoms with van der Waals surface area (Å²) in [6, 6.07) is 13.0. The molecule has 10 heteroatoms. The van der Waals surface area contributed by atoms with Crippen LogP contribution in [0.2, 0.25) is 0 Å². The van der Waals surface area contributed by atoms with Crippen molar-refractivity contribution in [1.29, 1.82) is 0 Å². The van der Waals surface area contributed by atoms with Gasteiger partial charge in [-0.3, -0.25) is 4.90 Å². The van der Waals surface area contributed by atoms with Crippen molar-refractivity contribution in [3.8, 4) is 11.3 Å². The highest BCUT2D eigenvalue weighted by molar-refractivity contribution is 5.68. The van der Waals surface area contributed by atoms with Gasteiger partial charge >= 0.3 is 12.3 Å². The van der Waals surface area contributed by atoms with E-state index in [1.807, 2.05) is 37.3 Å². The standard InChI is InChI=1S/C27H31F3N4O3/c1-3-4-13-36-26(35)34-12-8-11-24(25(34)20-9-6-5-7-10-20)37-18-19-14-21(23-17-31-32-33(23)2)16-22(15-19)27(28,29)30/h5-7,9-10,14-17,24-25H,3-4,8,11-13,18H2,1-2H3. The van der Waals surface area contributed by atoms with Crippen LogP contribution in [0, 0.1) is 0 Å². The van der Waals surface area contributed by atoms with E-state index in [9.17, 15) is 18.0 Å². The predicted octanol–water partition coefficient (Wildman–Crippen LogP) is 6.16. The van der Waals surface area contributed by atoms with E-state index in [1.54, 1.807) is 18.0 Å². The Balaban J connectivity index is 1.59. The van der Waals surface area contributed by atoms with Crippen LogP contribution in [0.1, 0.15) is 55.3 Å². The van der Waals surface area contributed by atoms with Crippen LogP contribution in [0.15, 0.2) is 54.7 Å². The molecular weight excluding hydrogens is 485 g/mol. The summed E-state index contributed by atoms with van der Waals surface area (Å²) >= 11 is 0. The molecule has 1 saturated heterocycles. The van der Waals surface area contributed by atoms with Crippen LogP contribution < -0.4 is 0 Å². The first-order valence-corrected chi connectivity index (χ1v) is 12.4. The molecule has 2 atom stereocenters. The topological polar surface area (TPSA) is 69.5 Å². The number of amides is 1. The van der Waals surface area contributed by atoms with Crippen molar-refractivity contribution in [3.63, 3.8) is 0 Å². The zero-order valence-corrected chi connectivity index (χ0v) is 20.9. The molecular formula is C27H31F3N4O3. The first kappa shape index (κ1) is 26.7. The largest absolute Gasteiger partial charge is 0.449 e. The van der Waals surface area contributed by atoms with Gasteiger partial charge in [0.1, 0.15) is 0 Å². The number of hydrogen-bond donors (Lipinski definition) is 0. The Bertz CT molecular complexity index is 1180. The fourth-order valence-corrected chi connectivity index (χ4v) is 4.61. The third kappa shape index (κ3) is 6.49. The second-order valence-corrected chi connectivity index (χ2v) is 9.17. The van der Waals surface area contributed by atoms with Crippen molar-refractivity contribution >= 4 is 6.09 Å². The van der Waals surface area contributed by atoms with E-state index in [2.05, 4.69) is 10.3 Å². The Morgan fingerprint density at radius 2 is 1.95 bits per heavy atom. The van der Waals surface area contributed by atoms with Gasteiger partial charge in [0.25, 0.3) is 0 Å². The normalized spacial score (nSPS) is 18.1. The van der Waals surface area contributed by atoms with Crippen molar-refractivity contribution in [2.24, 2.45) is 7.05 Å². The zero-order valence-electron chi connectivity index (χ0n) is 20.9. The van der Waals surface area contributed by atoms with Gasteiger partial charge in [-0.15, -0.1) is 5.10 Å². The average Bonchev–Trinajstić information content (AvgIpc) is 3.33. The minimum Gasteiger partial charge on any atom is -0.449 e. The number of aromatic nitrogens is 3. The molecule has 4 rings (SSSR count). The molecule has 2 unspecified atom stereocenters. The van der Waals surface area contributed by atoms with Crippen LogP contribution in [0.5, 0.6) is 0 Å². The van der Waals surface area contributed by atoms with Crippen LogP contribution in [0.3, 0.4) is 0 Å². The lowest BCUT2D eigenvalue weighted by Gasteiger charge is -2.40. The van der Waals surface area contributed by atoms with Gasteiger partial charge in [0.05, 0.1) is 42.8 Å². The molecule has 0 saturated carbocycles. The van der Waals surface area contributed by atoms with Gasteiger partial charge in [-0.1, -0.05) is 48.9 Å². The summed E-state index contributed by atoms with van der Waals surface area (Å²) in [4.78, 5) is 14.6. The SMILES string of the molecule is CCCCOC(=O)N1CCCC(OCc2cc(-c3cnnn3C)cc(C(F)(F)F)c2)C1c1ccccc1. The summed E-state index contributed by atoms with van der Waals surface area (Å²) in [5, 5.41) is 7.62. The number of hydrogen-bond acceptors (Lipinski definition) is 5. The van der Waals surface area contributed by atoms with Crippen LogP contribution in [0.4, 0.5) is 18.0 Å². The van der Waals surface area contributed by atoms with E-state index in [-0.39, 0.29) is 6.61 Å². The molecule has 0 aliphatic carbocycles. The Morgan fingerprint density at radius 3 is 2.62 bits per heavy atom. The molecule has 7 nitrogen and oxygen atoms in total. The van der Waals surface area contributed by atoms with Crippen LogP contribution in [-0.4, -0.2) is 45.2 Å². The van der Waals surface area contributed by atoms with E-state index in [0.717, 1.165) is 30.5 Å². The molecule has 2 aromatic carbocycles. The second kappa shape index (κ2) is 11.8. The smallest absolute Gasteiger partial charge is 0.416 e. The number of halogens is 3. The fraction of sp³-hybridized carbons (Fsp3) is 0.444. The number of nitrogens with zero attached hydrogens (tertiary/aromatic N) is 4. The molecule has 3 aromatic rings. The molecule has 0 N–H and O–H groups in total. The number of unbranched alkanes of at least 4 members (excludes halogenated alkanes) is 1. The molecule has 0 radical (unpaired) electrons. The minimum atomic E-state index is -4.52. The van der Waals surface area contributed by atoms with Gasteiger partial charge in [-0.2, -0.15) is 13.2 Å². The summed E-state index contributed by atoms with van der Waals surface area (Å²) in [5.41, 5.74) is 1.32. The van der Waals surface area contributed by atoms with Gasteiger partial charge < -0.3 is 9.47 Å². The first-order valence-electron chi connectivity index (χ1n) is 12.4. The van der Waals surface area contributed by atoms with Crippen molar-refractivity contribution in [2.45, 2.75) is 57.5 Å². The highest BCUT2D eigenvalue weighted by Gasteiger charge is 2.37. The van der Waals surface area contributed by atoms with Gasteiger partial charge in [-0.05, 0) is 48.6 Å². The predicted molar refractivity (Wildman–Crippen MR) is 131 cm³/mol. The van der Waals surface area contributed by atoms with E-state index in [0.29, 0.717) is 42.8 Å². The molecule has 1 fully saturated rings. The number of carbonyl (C=O) groups is 1. The molecule has 2 heterocycles. The molecule has 1 amide bonds. The van der Waals surface area contributed by atoms with Gasteiger partial charge in [0.2, 0.25) is 0 Å². The molecule has 0 bridgehead atoms. The number of alkyl halides is 3. The highest BCUT2D eigenvalue weighted by atomic mass is 19.4. The van der Waals surface area contributed by atoms with Crippen LogP contribution in [0.25, 0.3) is 11.3 Å². The number of carbonyl (C=O) groups excluding carboxylic acids is 1. The molecule has 1 aliphatic rings. The summed E-state index contributed by atoms with van der Waals surface area (Å²) in [5.74, 6) is 0. The van der Waals surface area contributed by atoms with Crippen LogP contribution >= 0.6 is 0 Å². The van der Waals surface area contributed by atoms with Crippen molar-refractivity contribution in [3.05, 3.63) is 71.4 Å². The number of likely N-dealkylation sites (tertiary alicyclic amines) is 1. The molecule has 37 heavy (non-hydrogen) atoms. The maximum atomic E-state index is 13.7. The third-order valence-corrected chi connectivity index (χ3v) is 6.47. The van der Waals surface area contributed by atoms with Gasteiger partial charge in [0.15, 0.2) is 0 Å². The quantitative estimate of drug-likeness (QED) is 0.336. The van der Waals surface area contributed by atoms with Crippen LogP contribution in [-0.2, 0) is 29.3 Å². The van der Waals surface area contributed by atoms with E-state index in [4.69, 9.17) is 9.47 Å². The second-order valence-electron chi connectivity index (χ2n) is 9.17. The number of benzene rings is 2. The maximum absolute atomic E-state index is 13.7. The van der Waals surface area contributed by atoms with Gasteiger partial charge in [-0.25, -0.2) is 9.48 Å². The average molecular weight is 517 g/mol. The van der Waals surface area contributed by atoms with Gasteiger partial charge in [0, 0.05) is 19.2 Å². The van der Waals surface area contributed by atoms with E-state index in [1.165, 1.54) is 10.9 Å². The lowest BCUT2D eigenvalue weighted by Crippen LogP contribution is -2.46. The third-order valence-electron chi connectivity index (χ3n) is 6.47. The van der Waals surface area contributed by atoms with Crippen molar-refractivity contribution in [2.75, 3.05) is 13.2 Å². The maximum Gasteiger partial charge on any atom is 0.416 e. The molecule has 198 valence electrons. The number of ether oxygens (including phenoxy) is 2. The fourth-order valence-electron chi connectivity index (χ4n) is 4.61. The van der Waals surface area contributed by atoms with E-state index < -0.39 is 30.0 Å². The summed E-state index contributed by atoms with van der Waals surface area (Å²) in [6.07, 6.45) is -0.857. The summed E-state index contributed by atoms with van der Waals surface area (Å²) in [7, 11) is 1.62. The monoisotopic (exact) mass is 516 g/mol. The van der Waals surface area contributed by atoms with Crippen molar-refractivity contribution in [1.82, 2.24) is 19.9 Å². The highest BCUT2D eigenvalue weighted by Crippen LogP contribution is 2.36. The number of rotatable bonds is 8. The minimum absolute atomic E-state index is 0.0467. The first-order chi connectivity index (χ1) is 17.8. The molecule has 1 aromatic heterocycles. The Morgan fingerprint density at radius 1 is 1.16 bits per heavy atom. The summed E-state index contributed by atoms with van der Waals surface area (Å²) < 4.78 is 54.3. The Kier molecular flexibility index (Phi) is 8.48. The number of aryl methyl sites for hydroxylation is 1. The van der Waals surface area contributed by atoms with Crippen molar-refractivity contribution < 1.29 is 27.4 Å².